The Hall–Kier alpha value is -2.27. The quantitative estimate of drug-likeness (QED) is 0.610. The molecule has 1 aliphatic heterocycles. The monoisotopic (exact) mass is 345 g/mol. The van der Waals surface area contributed by atoms with Crippen LogP contribution in [0.25, 0.3) is 6.08 Å². The molecule has 0 bridgehead atoms. The first-order valence-corrected chi connectivity index (χ1v) is 6.95. The van der Waals surface area contributed by atoms with Gasteiger partial charge in [-0.25, -0.2) is 14.2 Å². The highest BCUT2D eigenvalue weighted by atomic mass is 79.9. The van der Waals surface area contributed by atoms with E-state index in [1.165, 1.54) is 24.3 Å². The second-order valence-corrected chi connectivity index (χ2v) is 5.31. The number of rotatable bonds is 2. The zero-order valence-electron chi connectivity index (χ0n) is 10.7. The number of esters is 1. The smallest absolute Gasteiger partial charge is 0.363 e. The molecule has 0 saturated carbocycles. The van der Waals surface area contributed by atoms with Gasteiger partial charge in [0, 0.05) is 10.0 Å². The molecule has 2 aromatic rings. The first kappa shape index (κ1) is 13.7. The van der Waals surface area contributed by atoms with Gasteiger partial charge >= 0.3 is 5.97 Å². The number of halogens is 2. The highest BCUT2D eigenvalue weighted by Gasteiger charge is 2.24. The van der Waals surface area contributed by atoms with Crippen molar-refractivity contribution in [1.29, 1.82) is 0 Å². The second-order valence-electron chi connectivity index (χ2n) is 4.40. The van der Waals surface area contributed by atoms with Crippen molar-refractivity contribution in [2.45, 2.75) is 0 Å². The maximum atomic E-state index is 12.9. The zero-order chi connectivity index (χ0) is 14.8. The van der Waals surface area contributed by atoms with Crippen LogP contribution in [-0.4, -0.2) is 11.9 Å². The highest BCUT2D eigenvalue weighted by Crippen LogP contribution is 2.20. The molecule has 0 atom stereocenters. The first-order chi connectivity index (χ1) is 10.1. The van der Waals surface area contributed by atoms with Gasteiger partial charge in [-0.3, -0.25) is 0 Å². The van der Waals surface area contributed by atoms with Gasteiger partial charge in [-0.15, -0.1) is 0 Å². The van der Waals surface area contributed by atoms with Crippen molar-refractivity contribution in [1.82, 2.24) is 0 Å². The van der Waals surface area contributed by atoms with E-state index in [9.17, 15) is 9.18 Å². The van der Waals surface area contributed by atoms with E-state index in [0.29, 0.717) is 5.56 Å². The fraction of sp³-hybridized carbons (Fsp3) is 0. The van der Waals surface area contributed by atoms with E-state index >= 15 is 0 Å². The lowest BCUT2D eigenvalue weighted by atomic mass is 10.2. The second kappa shape index (κ2) is 5.61. The van der Waals surface area contributed by atoms with E-state index in [2.05, 4.69) is 20.9 Å². The van der Waals surface area contributed by atoms with Crippen molar-refractivity contribution >= 4 is 33.9 Å². The van der Waals surface area contributed by atoms with Crippen LogP contribution in [0.4, 0.5) is 4.39 Å². The van der Waals surface area contributed by atoms with Crippen molar-refractivity contribution < 1.29 is 13.9 Å². The number of hydrogen-bond donors (Lipinski definition) is 0. The van der Waals surface area contributed by atoms with Crippen LogP contribution in [-0.2, 0) is 9.53 Å². The third-order valence-corrected chi connectivity index (χ3v) is 3.36. The predicted molar refractivity (Wildman–Crippen MR) is 81.1 cm³/mol. The lowest BCUT2D eigenvalue weighted by molar-refractivity contribution is -0.129. The Labute approximate surface area is 128 Å². The van der Waals surface area contributed by atoms with Crippen molar-refractivity contribution in [2.24, 2.45) is 4.99 Å². The fourth-order valence-electron chi connectivity index (χ4n) is 1.88. The molecule has 5 heteroatoms. The van der Waals surface area contributed by atoms with Gasteiger partial charge in [-0.05, 0) is 48.0 Å². The van der Waals surface area contributed by atoms with Crippen LogP contribution in [0, 0.1) is 5.82 Å². The number of nitrogens with zero attached hydrogens (tertiary/aromatic N) is 1. The number of ether oxygens (including phenoxy) is 1. The summed E-state index contributed by atoms with van der Waals surface area (Å²) in [4.78, 5) is 16.0. The molecule has 0 unspecified atom stereocenters. The molecule has 0 amide bonds. The molecule has 1 aliphatic rings. The maximum Gasteiger partial charge on any atom is 0.363 e. The van der Waals surface area contributed by atoms with Crippen LogP contribution in [0.15, 0.2) is 63.7 Å². The summed E-state index contributed by atoms with van der Waals surface area (Å²) < 4.78 is 18.9. The molecular weight excluding hydrogens is 337 g/mol. The average molecular weight is 346 g/mol. The van der Waals surface area contributed by atoms with Crippen molar-refractivity contribution in [3.05, 3.63) is 75.6 Å². The largest absolute Gasteiger partial charge is 0.402 e. The van der Waals surface area contributed by atoms with Crippen LogP contribution in [0.2, 0.25) is 0 Å². The minimum absolute atomic E-state index is 0.182. The number of aliphatic imine (C=N–C) groups is 1. The van der Waals surface area contributed by atoms with Gasteiger partial charge in [-0.1, -0.05) is 28.1 Å². The summed E-state index contributed by atoms with van der Waals surface area (Å²) in [6.07, 6.45) is 1.64. The van der Waals surface area contributed by atoms with Crippen molar-refractivity contribution in [3.63, 3.8) is 0 Å². The zero-order valence-corrected chi connectivity index (χ0v) is 12.3. The highest BCUT2D eigenvalue weighted by molar-refractivity contribution is 9.10. The summed E-state index contributed by atoms with van der Waals surface area (Å²) in [5.74, 6) is -0.691. The minimum atomic E-state index is -0.519. The summed E-state index contributed by atoms with van der Waals surface area (Å²) in [5.41, 5.74) is 1.61. The molecule has 0 aliphatic carbocycles. The van der Waals surface area contributed by atoms with Crippen LogP contribution >= 0.6 is 15.9 Å². The summed E-state index contributed by atoms with van der Waals surface area (Å²) in [6, 6.07) is 13.1. The van der Waals surface area contributed by atoms with Crippen LogP contribution < -0.4 is 0 Å². The Morgan fingerprint density at radius 1 is 1.14 bits per heavy atom. The van der Waals surface area contributed by atoms with E-state index < -0.39 is 5.97 Å². The third kappa shape index (κ3) is 3.08. The van der Waals surface area contributed by atoms with Gasteiger partial charge in [0.1, 0.15) is 5.82 Å². The molecule has 3 rings (SSSR count). The number of benzene rings is 2. The summed E-state index contributed by atoms with van der Waals surface area (Å²) in [5, 5.41) is 0. The van der Waals surface area contributed by atoms with Gasteiger partial charge in [-0.2, -0.15) is 0 Å². The van der Waals surface area contributed by atoms with E-state index in [-0.39, 0.29) is 17.4 Å². The average Bonchev–Trinajstić information content (AvgIpc) is 2.81. The maximum absolute atomic E-state index is 12.9. The summed E-state index contributed by atoms with van der Waals surface area (Å²) in [6.45, 7) is 0. The molecule has 0 radical (unpaired) electrons. The van der Waals surface area contributed by atoms with Gasteiger partial charge in [0.15, 0.2) is 5.70 Å². The summed E-state index contributed by atoms with van der Waals surface area (Å²) >= 11 is 3.37. The fourth-order valence-corrected chi connectivity index (χ4v) is 2.30. The van der Waals surface area contributed by atoms with Gasteiger partial charge in [0.05, 0.1) is 0 Å². The normalized spacial score (nSPS) is 16.0. The molecule has 1 heterocycles. The Balaban J connectivity index is 1.93. The minimum Gasteiger partial charge on any atom is -0.402 e. The molecule has 0 saturated heterocycles. The Morgan fingerprint density at radius 2 is 1.90 bits per heavy atom. The number of carbonyl (C=O) groups is 1. The molecule has 104 valence electrons. The van der Waals surface area contributed by atoms with Crippen molar-refractivity contribution in [3.8, 4) is 0 Å². The van der Waals surface area contributed by atoms with E-state index in [0.717, 1.165) is 10.0 Å². The van der Waals surface area contributed by atoms with E-state index in [4.69, 9.17) is 4.74 Å². The number of cyclic esters (lactones) is 1. The molecule has 3 nitrogen and oxygen atoms in total. The SMILES string of the molecule is O=C1OC(c2ccc(F)cc2)=NC1=Cc1cccc(Br)c1. The third-order valence-electron chi connectivity index (χ3n) is 2.86. The molecule has 21 heavy (non-hydrogen) atoms. The number of carbonyl (C=O) groups excluding carboxylic acids is 1. The van der Waals surface area contributed by atoms with Crippen LogP contribution in [0.5, 0.6) is 0 Å². The van der Waals surface area contributed by atoms with Gasteiger partial charge < -0.3 is 4.74 Å². The van der Waals surface area contributed by atoms with Crippen molar-refractivity contribution in [2.75, 3.05) is 0 Å². The Bertz CT molecular complexity index is 766. The van der Waals surface area contributed by atoms with Gasteiger partial charge in [0.2, 0.25) is 5.90 Å². The topological polar surface area (TPSA) is 38.7 Å². The Morgan fingerprint density at radius 3 is 2.62 bits per heavy atom. The molecule has 2 aromatic carbocycles. The van der Waals surface area contributed by atoms with Crippen LogP contribution in [0.1, 0.15) is 11.1 Å². The first-order valence-electron chi connectivity index (χ1n) is 6.16. The molecular formula is C16H9BrFNO2. The molecule has 0 N–H and O–H groups in total. The standard InChI is InChI=1S/C16H9BrFNO2/c17-12-3-1-2-10(8-12)9-14-16(20)21-15(19-14)11-4-6-13(18)7-5-11/h1-9H. The van der Waals surface area contributed by atoms with E-state index in [1.54, 1.807) is 6.08 Å². The molecule has 0 fully saturated rings. The lowest BCUT2D eigenvalue weighted by Crippen LogP contribution is -2.05. The summed E-state index contributed by atoms with van der Waals surface area (Å²) in [7, 11) is 0. The number of hydrogen-bond acceptors (Lipinski definition) is 3. The molecule has 0 aromatic heterocycles. The van der Waals surface area contributed by atoms with Crippen LogP contribution in [0.3, 0.4) is 0 Å². The van der Waals surface area contributed by atoms with E-state index in [1.807, 2.05) is 24.3 Å². The molecule has 0 spiro atoms. The predicted octanol–water partition coefficient (Wildman–Crippen LogP) is 3.93. The Kier molecular flexibility index (Phi) is 3.66. The lowest BCUT2D eigenvalue weighted by Gasteiger charge is -1.98. The van der Waals surface area contributed by atoms with Gasteiger partial charge in [0.25, 0.3) is 0 Å².